The molecule has 1 unspecified atom stereocenters. The van der Waals surface area contributed by atoms with E-state index in [1.165, 1.54) is 11.3 Å². The Morgan fingerprint density at radius 3 is 2.81 bits per heavy atom. The van der Waals surface area contributed by atoms with Crippen LogP contribution in [0.2, 0.25) is 0 Å². The van der Waals surface area contributed by atoms with Gasteiger partial charge in [-0.2, -0.15) is 0 Å². The van der Waals surface area contributed by atoms with Crippen LogP contribution in [0, 0.1) is 0 Å². The van der Waals surface area contributed by atoms with Crippen LogP contribution in [-0.4, -0.2) is 41.9 Å². The fraction of sp³-hybridized carbons (Fsp3) is 0.500. The molecule has 1 saturated heterocycles. The monoisotopic (exact) mass is 386 g/mol. The van der Waals surface area contributed by atoms with Crippen LogP contribution in [0.5, 0.6) is 5.75 Å². The number of nitrogens with zero attached hydrogens (tertiary/aromatic N) is 2. The van der Waals surface area contributed by atoms with Gasteiger partial charge in [0.1, 0.15) is 5.75 Å². The molecule has 0 bridgehead atoms. The second-order valence-corrected chi connectivity index (χ2v) is 8.21. The van der Waals surface area contributed by atoms with E-state index in [4.69, 9.17) is 4.74 Å². The minimum atomic E-state index is 0.257. The summed E-state index contributed by atoms with van der Waals surface area (Å²) in [6.45, 7) is 5.03. The minimum Gasteiger partial charge on any atom is -0.496 e. The zero-order chi connectivity index (χ0) is 19.1. The fourth-order valence-corrected chi connectivity index (χ4v) is 4.65. The standard InChI is InChI=1S/C22H30N2O2S/c1-3-19-10-6-7-13-24(19)22(25)17-23(16-20-11-8-14-27-20)15-18-9-4-5-12-21(18)26-2/h4-5,8-9,11-12,14,19H,3,6-7,10,13,15-17H2,1-2H3. The number of carbonyl (C=O) groups is 1. The molecule has 1 aromatic carbocycles. The van der Waals surface area contributed by atoms with Crippen molar-refractivity contribution in [2.24, 2.45) is 0 Å². The number of ether oxygens (including phenoxy) is 1. The van der Waals surface area contributed by atoms with E-state index in [0.29, 0.717) is 19.1 Å². The maximum absolute atomic E-state index is 13.1. The molecular formula is C22H30N2O2S. The van der Waals surface area contributed by atoms with E-state index in [9.17, 15) is 4.79 Å². The summed E-state index contributed by atoms with van der Waals surface area (Å²) in [6, 6.07) is 12.7. The highest BCUT2D eigenvalue weighted by atomic mass is 32.1. The molecule has 1 aliphatic heterocycles. The summed E-state index contributed by atoms with van der Waals surface area (Å²) in [5, 5.41) is 2.09. The number of rotatable bonds is 8. The first-order valence-corrected chi connectivity index (χ1v) is 10.7. The first-order chi connectivity index (χ1) is 13.2. The van der Waals surface area contributed by atoms with Gasteiger partial charge in [0.05, 0.1) is 13.7 Å². The molecular weight excluding hydrogens is 356 g/mol. The Labute approximate surface area is 166 Å². The maximum atomic E-state index is 13.1. The quantitative estimate of drug-likeness (QED) is 0.667. The van der Waals surface area contributed by atoms with Gasteiger partial charge in [-0.3, -0.25) is 9.69 Å². The van der Waals surface area contributed by atoms with Crippen molar-refractivity contribution in [2.75, 3.05) is 20.2 Å². The lowest BCUT2D eigenvalue weighted by atomic mass is 10.00. The van der Waals surface area contributed by atoms with Crippen LogP contribution in [0.3, 0.4) is 0 Å². The van der Waals surface area contributed by atoms with E-state index in [-0.39, 0.29) is 5.91 Å². The van der Waals surface area contributed by atoms with Crippen molar-refractivity contribution in [3.05, 3.63) is 52.2 Å². The minimum absolute atomic E-state index is 0.257. The van der Waals surface area contributed by atoms with Crippen molar-refractivity contribution >= 4 is 17.2 Å². The van der Waals surface area contributed by atoms with E-state index in [1.807, 2.05) is 18.2 Å². The van der Waals surface area contributed by atoms with Crippen molar-refractivity contribution in [1.29, 1.82) is 0 Å². The van der Waals surface area contributed by atoms with Crippen molar-refractivity contribution in [2.45, 2.75) is 51.7 Å². The summed E-state index contributed by atoms with van der Waals surface area (Å²) in [7, 11) is 1.70. The normalized spacial score (nSPS) is 17.3. The van der Waals surface area contributed by atoms with Gasteiger partial charge in [-0.1, -0.05) is 31.2 Å². The van der Waals surface area contributed by atoms with Gasteiger partial charge in [0, 0.05) is 36.1 Å². The Morgan fingerprint density at radius 1 is 1.22 bits per heavy atom. The predicted octanol–water partition coefficient (Wildman–Crippen LogP) is 4.55. The number of thiophene rings is 1. The molecule has 0 radical (unpaired) electrons. The third kappa shape index (κ3) is 5.33. The molecule has 3 rings (SSSR count). The van der Waals surface area contributed by atoms with E-state index in [2.05, 4.69) is 40.3 Å². The lowest BCUT2D eigenvalue weighted by Crippen LogP contribution is -2.47. The number of likely N-dealkylation sites (tertiary alicyclic amines) is 1. The van der Waals surface area contributed by atoms with Crippen LogP contribution in [0.15, 0.2) is 41.8 Å². The van der Waals surface area contributed by atoms with Crippen LogP contribution in [-0.2, 0) is 17.9 Å². The van der Waals surface area contributed by atoms with Gasteiger partial charge < -0.3 is 9.64 Å². The summed E-state index contributed by atoms with van der Waals surface area (Å²) in [4.78, 5) is 18.7. The van der Waals surface area contributed by atoms with Crippen LogP contribution in [0.4, 0.5) is 0 Å². The highest BCUT2D eigenvalue weighted by Gasteiger charge is 2.26. The number of hydrogen-bond donors (Lipinski definition) is 0. The van der Waals surface area contributed by atoms with Crippen molar-refractivity contribution in [3.63, 3.8) is 0 Å². The molecule has 2 aromatic rings. The smallest absolute Gasteiger partial charge is 0.237 e. The van der Waals surface area contributed by atoms with Crippen LogP contribution in [0.1, 0.15) is 43.0 Å². The van der Waals surface area contributed by atoms with Crippen molar-refractivity contribution in [3.8, 4) is 5.75 Å². The molecule has 27 heavy (non-hydrogen) atoms. The van der Waals surface area contributed by atoms with Gasteiger partial charge in [-0.05, 0) is 43.2 Å². The number of hydrogen-bond acceptors (Lipinski definition) is 4. The molecule has 1 fully saturated rings. The Balaban J connectivity index is 1.74. The van der Waals surface area contributed by atoms with Gasteiger partial charge in [0.25, 0.3) is 0 Å². The van der Waals surface area contributed by atoms with Crippen molar-refractivity contribution < 1.29 is 9.53 Å². The number of benzene rings is 1. The SMILES string of the molecule is CCC1CCCCN1C(=O)CN(Cc1cccs1)Cc1ccccc1OC. The third-order valence-electron chi connectivity index (χ3n) is 5.32. The zero-order valence-electron chi connectivity index (χ0n) is 16.4. The highest BCUT2D eigenvalue weighted by molar-refractivity contribution is 7.09. The topological polar surface area (TPSA) is 32.8 Å². The Morgan fingerprint density at radius 2 is 2.07 bits per heavy atom. The Kier molecular flexibility index (Phi) is 7.30. The van der Waals surface area contributed by atoms with Gasteiger partial charge in [-0.15, -0.1) is 11.3 Å². The molecule has 0 aliphatic carbocycles. The molecule has 4 nitrogen and oxygen atoms in total. The molecule has 0 spiro atoms. The number of para-hydroxylation sites is 1. The average Bonchev–Trinajstić information content (AvgIpc) is 3.21. The van der Waals surface area contributed by atoms with E-state index < -0.39 is 0 Å². The van der Waals surface area contributed by atoms with E-state index in [1.54, 1.807) is 18.4 Å². The van der Waals surface area contributed by atoms with Gasteiger partial charge in [0.15, 0.2) is 0 Å². The summed E-state index contributed by atoms with van der Waals surface area (Å²) in [6.07, 6.45) is 4.55. The van der Waals surface area contributed by atoms with Gasteiger partial charge >= 0.3 is 0 Å². The zero-order valence-corrected chi connectivity index (χ0v) is 17.2. The summed E-state index contributed by atoms with van der Waals surface area (Å²) in [5.41, 5.74) is 1.12. The summed E-state index contributed by atoms with van der Waals surface area (Å²) >= 11 is 1.74. The second-order valence-electron chi connectivity index (χ2n) is 7.18. The number of piperidine rings is 1. The first kappa shape index (κ1) is 19.9. The third-order valence-corrected chi connectivity index (χ3v) is 6.18. The van der Waals surface area contributed by atoms with Crippen LogP contribution in [0.25, 0.3) is 0 Å². The van der Waals surface area contributed by atoms with Gasteiger partial charge in [-0.25, -0.2) is 0 Å². The van der Waals surface area contributed by atoms with Crippen LogP contribution < -0.4 is 4.74 Å². The number of carbonyl (C=O) groups excluding carboxylic acids is 1. The molecule has 1 aliphatic rings. The Bertz CT molecular complexity index is 717. The largest absolute Gasteiger partial charge is 0.496 e. The Hall–Kier alpha value is -1.85. The van der Waals surface area contributed by atoms with Crippen molar-refractivity contribution in [1.82, 2.24) is 9.80 Å². The lowest BCUT2D eigenvalue weighted by molar-refractivity contribution is -0.136. The van der Waals surface area contributed by atoms with Gasteiger partial charge in [0.2, 0.25) is 5.91 Å². The molecule has 146 valence electrons. The average molecular weight is 387 g/mol. The molecule has 0 N–H and O–H groups in total. The second kappa shape index (κ2) is 9.90. The molecule has 1 amide bonds. The fourth-order valence-electron chi connectivity index (χ4n) is 3.90. The lowest BCUT2D eigenvalue weighted by Gasteiger charge is -2.36. The van der Waals surface area contributed by atoms with E-state index in [0.717, 1.165) is 43.7 Å². The maximum Gasteiger partial charge on any atom is 0.237 e. The highest BCUT2D eigenvalue weighted by Crippen LogP contribution is 2.23. The number of methoxy groups -OCH3 is 1. The molecule has 1 aromatic heterocycles. The molecule has 5 heteroatoms. The van der Waals surface area contributed by atoms with Crippen LogP contribution >= 0.6 is 11.3 Å². The molecule has 2 heterocycles. The molecule has 1 atom stereocenters. The summed E-state index contributed by atoms with van der Waals surface area (Å²) in [5.74, 6) is 1.14. The molecule has 0 saturated carbocycles. The first-order valence-electron chi connectivity index (χ1n) is 9.87. The predicted molar refractivity (Wildman–Crippen MR) is 111 cm³/mol. The number of amides is 1. The summed E-state index contributed by atoms with van der Waals surface area (Å²) < 4.78 is 5.52. The van der Waals surface area contributed by atoms with E-state index >= 15 is 0 Å².